The maximum absolute atomic E-state index is 13.5. The van der Waals surface area contributed by atoms with Gasteiger partial charge in [0, 0.05) is 31.4 Å². The number of anilines is 1. The van der Waals surface area contributed by atoms with E-state index in [9.17, 15) is 9.50 Å². The summed E-state index contributed by atoms with van der Waals surface area (Å²) in [7, 11) is 0. The third kappa shape index (κ3) is 8.91. The van der Waals surface area contributed by atoms with Crippen LogP contribution in [-0.2, 0) is 11.3 Å². The summed E-state index contributed by atoms with van der Waals surface area (Å²) in [6.07, 6.45) is 1.21. The lowest BCUT2D eigenvalue weighted by Gasteiger charge is -2.34. The molecule has 176 valence electrons. The number of aliphatic hydroxyl groups excluding tert-OH is 1. The number of hydrogen-bond acceptors (Lipinski definition) is 4. The largest absolute Gasteiger partial charge is 0.389 e. The van der Waals surface area contributed by atoms with Crippen LogP contribution < -0.4 is 15.5 Å². The highest BCUT2D eigenvalue weighted by molar-refractivity contribution is 14.0. The second-order valence-electron chi connectivity index (χ2n) is 7.76. The molecule has 3 N–H and O–H groups in total. The highest BCUT2D eigenvalue weighted by atomic mass is 127. The Bertz CT molecular complexity index is 817. The number of nitrogens with zero attached hydrogens (tertiary/aromatic N) is 2. The summed E-state index contributed by atoms with van der Waals surface area (Å²) >= 11 is 0. The molecule has 32 heavy (non-hydrogen) atoms. The van der Waals surface area contributed by atoms with Crippen molar-refractivity contribution in [1.29, 1.82) is 0 Å². The summed E-state index contributed by atoms with van der Waals surface area (Å²) in [5.41, 5.74) is 2.01. The Morgan fingerprint density at radius 2 is 1.94 bits per heavy atom. The van der Waals surface area contributed by atoms with Gasteiger partial charge in [-0.15, -0.1) is 24.0 Å². The number of rotatable bonds is 9. The van der Waals surface area contributed by atoms with Crippen molar-refractivity contribution in [3.63, 3.8) is 0 Å². The van der Waals surface area contributed by atoms with E-state index in [0.717, 1.165) is 43.7 Å². The molecule has 0 amide bonds. The van der Waals surface area contributed by atoms with Crippen LogP contribution in [-0.4, -0.2) is 56.0 Å². The van der Waals surface area contributed by atoms with E-state index < -0.39 is 6.10 Å². The zero-order valence-electron chi connectivity index (χ0n) is 18.5. The maximum atomic E-state index is 13.5. The van der Waals surface area contributed by atoms with Gasteiger partial charge in [-0.1, -0.05) is 36.4 Å². The van der Waals surface area contributed by atoms with E-state index in [-0.39, 0.29) is 49.0 Å². The summed E-state index contributed by atoms with van der Waals surface area (Å²) in [6.45, 7) is 5.46. The topological polar surface area (TPSA) is 69.1 Å². The van der Waals surface area contributed by atoms with Crippen molar-refractivity contribution in [3.8, 4) is 0 Å². The van der Waals surface area contributed by atoms with E-state index in [2.05, 4.69) is 20.5 Å². The number of benzene rings is 2. The Morgan fingerprint density at radius 1 is 1.19 bits per heavy atom. The normalized spacial score (nSPS) is 15.7. The van der Waals surface area contributed by atoms with E-state index in [1.165, 1.54) is 6.07 Å². The van der Waals surface area contributed by atoms with Crippen molar-refractivity contribution in [2.45, 2.75) is 38.5 Å². The smallest absolute Gasteiger partial charge is 0.191 e. The summed E-state index contributed by atoms with van der Waals surface area (Å²) < 4.78 is 19.1. The van der Waals surface area contributed by atoms with E-state index >= 15 is 0 Å². The summed E-state index contributed by atoms with van der Waals surface area (Å²) in [5.74, 6) is 0.499. The van der Waals surface area contributed by atoms with Gasteiger partial charge in [-0.25, -0.2) is 4.39 Å². The van der Waals surface area contributed by atoms with Crippen molar-refractivity contribution >= 4 is 35.6 Å². The SMILES string of the molecule is CCNC(=NCC(O)COCc1ccccc1)NC1CCN(c2cccc(F)c2)CC1.I. The van der Waals surface area contributed by atoms with Crippen LogP contribution in [0.3, 0.4) is 0 Å². The molecule has 2 aromatic carbocycles. The third-order valence-corrected chi connectivity index (χ3v) is 5.24. The van der Waals surface area contributed by atoms with Crippen LogP contribution in [0.15, 0.2) is 59.6 Å². The predicted molar refractivity (Wildman–Crippen MR) is 138 cm³/mol. The second-order valence-corrected chi connectivity index (χ2v) is 7.76. The zero-order chi connectivity index (χ0) is 21.9. The quantitative estimate of drug-likeness (QED) is 0.251. The van der Waals surface area contributed by atoms with Crippen LogP contribution in [0.2, 0.25) is 0 Å². The standard InChI is InChI=1S/C24H33FN4O2.HI/c1-2-26-24(27-16-23(30)18-31-17-19-7-4-3-5-8-19)28-21-11-13-29(14-12-21)22-10-6-9-20(25)15-22;/h3-10,15,21,23,30H,2,11-14,16-18H2,1H3,(H2,26,27,28);1H. The lowest BCUT2D eigenvalue weighted by Crippen LogP contribution is -2.49. The zero-order valence-corrected chi connectivity index (χ0v) is 20.9. The Hall–Kier alpha value is -1.91. The molecule has 6 nitrogen and oxygen atoms in total. The van der Waals surface area contributed by atoms with Crippen molar-refractivity contribution in [2.75, 3.05) is 37.7 Å². The lowest BCUT2D eigenvalue weighted by molar-refractivity contribution is 0.0331. The molecule has 1 atom stereocenters. The monoisotopic (exact) mass is 556 g/mol. The van der Waals surface area contributed by atoms with Crippen LogP contribution in [0.25, 0.3) is 0 Å². The van der Waals surface area contributed by atoms with Crippen LogP contribution >= 0.6 is 24.0 Å². The van der Waals surface area contributed by atoms with Gasteiger partial charge in [0.25, 0.3) is 0 Å². The van der Waals surface area contributed by atoms with Crippen molar-refractivity contribution in [2.24, 2.45) is 4.99 Å². The third-order valence-electron chi connectivity index (χ3n) is 5.24. The average Bonchev–Trinajstić information content (AvgIpc) is 2.79. The molecule has 2 aromatic rings. The molecular weight excluding hydrogens is 522 g/mol. The predicted octanol–water partition coefficient (Wildman–Crippen LogP) is 3.55. The molecule has 1 saturated heterocycles. The molecule has 1 fully saturated rings. The molecule has 1 aliphatic rings. The molecular formula is C24H34FIN4O2. The molecule has 0 spiro atoms. The molecule has 0 aliphatic carbocycles. The maximum Gasteiger partial charge on any atom is 0.191 e. The van der Waals surface area contributed by atoms with Gasteiger partial charge < -0.3 is 25.4 Å². The van der Waals surface area contributed by atoms with Crippen LogP contribution in [0.1, 0.15) is 25.3 Å². The first-order valence-electron chi connectivity index (χ1n) is 11.0. The Balaban J connectivity index is 0.00000363. The van der Waals surface area contributed by atoms with Gasteiger partial charge in [-0.3, -0.25) is 4.99 Å². The number of nitrogens with one attached hydrogen (secondary N) is 2. The van der Waals surface area contributed by atoms with Crippen molar-refractivity contribution in [1.82, 2.24) is 10.6 Å². The van der Waals surface area contributed by atoms with Gasteiger partial charge in [0.15, 0.2) is 5.96 Å². The minimum atomic E-state index is -0.658. The number of ether oxygens (including phenoxy) is 1. The molecule has 0 bridgehead atoms. The van der Waals surface area contributed by atoms with Crippen molar-refractivity contribution < 1.29 is 14.2 Å². The molecule has 1 unspecified atom stereocenters. The number of aliphatic hydroxyl groups is 1. The van der Waals surface area contributed by atoms with Gasteiger partial charge in [0.2, 0.25) is 0 Å². The lowest BCUT2D eigenvalue weighted by atomic mass is 10.0. The van der Waals surface area contributed by atoms with E-state index in [4.69, 9.17) is 4.74 Å². The molecule has 1 heterocycles. The van der Waals surface area contributed by atoms with Crippen LogP contribution in [0.4, 0.5) is 10.1 Å². The van der Waals surface area contributed by atoms with Crippen LogP contribution in [0.5, 0.6) is 0 Å². The Kier molecular flexibility index (Phi) is 11.8. The molecule has 3 rings (SSSR count). The Labute approximate surface area is 207 Å². The van der Waals surface area contributed by atoms with Gasteiger partial charge >= 0.3 is 0 Å². The van der Waals surface area contributed by atoms with Gasteiger partial charge in [-0.2, -0.15) is 0 Å². The molecule has 0 radical (unpaired) electrons. The summed E-state index contributed by atoms with van der Waals surface area (Å²) in [4.78, 5) is 6.73. The van der Waals surface area contributed by atoms with Crippen LogP contribution in [0, 0.1) is 5.82 Å². The van der Waals surface area contributed by atoms with Crippen molar-refractivity contribution in [3.05, 3.63) is 66.0 Å². The highest BCUT2D eigenvalue weighted by Gasteiger charge is 2.20. The molecule has 1 aliphatic heterocycles. The number of piperidine rings is 1. The van der Waals surface area contributed by atoms with E-state index in [0.29, 0.717) is 12.6 Å². The first-order chi connectivity index (χ1) is 15.1. The highest BCUT2D eigenvalue weighted by Crippen LogP contribution is 2.20. The molecule has 8 heteroatoms. The van der Waals surface area contributed by atoms with Gasteiger partial charge in [0.1, 0.15) is 5.82 Å². The second kappa shape index (κ2) is 14.3. The summed E-state index contributed by atoms with van der Waals surface area (Å²) in [5, 5.41) is 16.9. The number of guanidine groups is 1. The number of aliphatic imine (C=N–C) groups is 1. The Morgan fingerprint density at radius 3 is 2.62 bits per heavy atom. The molecule has 0 aromatic heterocycles. The van der Waals surface area contributed by atoms with E-state index in [1.807, 2.05) is 43.3 Å². The summed E-state index contributed by atoms with van der Waals surface area (Å²) in [6, 6.07) is 16.9. The van der Waals surface area contributed by atoms with Gasteiger partial charge in [0.05, 0.1) is 25.9 Å². The fraction of sp³-hybridized carbons (Fsp3) is 0.458. The first-order valence-corrected chi connectivity index (χ1v) is 11.0. The first kappa shape index (κ1) is 26.3. The minimum Gasteiger partial charge on any atom is -0.389 e. The van der Waals surface area contributed by atoms with E-state index in [1.54, 1.807) is 12.1 Å². The number of hydrogen-bond donors (Lipinski definition) is 3. The fourth-order valence-electron chi connectivity index (χ4n) is 3.60. The van der Waals surface area contributed by atoms with Gasteiger partial charge in [-0.05, 0) is 43.5 Å². The molecule has 0 saturated carbocycles. The fourth-order valence-corrected chi connectivity index (χ4v) is 3.60. The number of halogens is 2. The minimum absolute atomic E-state index is 0. The average molecular weight is 556 g/mol.